The number of hydrogen-bond donors (Lipinski definition) is 0. The van der Waals surface area contributed by atoms with Crippen LogP contribution in [0.25, 0.3) is 0 Å². The van der Waals surface area contributed by atoms with Gasteiger partial charge in [-0.15, -0.1) is 0 Å². The molecule has 0 heterocycles. The van der Waals surface area contributed by atoms with Crippen molar-refractivity contribution >= 4 is 5.69 Å². The SMILES string of the molecule is CCOc1ccc([N+](=O)[O-])cc1C(F)(F)F. The minimum absolute atomic E-state index is 0.0564. The van der Waals surface area contributed by atoms with Crippen molar-refractivity contribution in [2.24, 2.45) is 0 Å². The Morgan fingerprint density at radius 1 is 1.44 bits per heavy atom. The molecule has 0 amide bonds. The Kier molecular flexibility index (Phi) is 3.36. The van der Waals surface area contributed by atoms with E-state index in [1.807, 2.05) is 0 Å². The molecule has 0 aromatic heterocycles. The maximum absolute atomic E-state index is 12.5. The fourth-order valence-electron chi connectivity index (χ4n) is 1.13. The third-order valence-electron chi connectivity index (χ3n) is 1.78. The van der Waals surface area contributed by atoms with Crippen molar-refractivity contribution in [2.75, 3.05) is 6.61 Å². The monoisotopic (exact) mass is 235 g/mol. The molecule has 0 aliphatic carbocycles. The molecule has 0 aliphatic heterocycles. The summed E-state index contributed by atoms with van der Waals surface area (Å²) in [5, 5.41) is 10.3. The first-order valence-corrected chi connectivity index (χ1v) is 4.34. The Morgan fingerprint density at radius 2 is 2.06 bits per heavy atom. The molecule has 0 N–H and O–H groups in total. The number of nitrogens with zero attached hydrogens (tertiary/aromatic N) is 1. The van der Waals surface area contributed by atoms with Gasteiger partial charge in [-0.1, -0.05) is 0 Å². The topological polar surface area (TPSA) is 52.4 Å². The lowest BCUT2D eigenvalue weighted by Gasteiger charge is -2.12. The summed E-state index contributed by atoms with van der Waals surface area (Å²) in [5.74, 6) is -0.402. The Morgan fingerprint density at radius 3 is 2.50 bits per heavy atom. The van der Waals surface area contributed by atoms with Crippen molar-refractivity contribution in [3.05, 3.63) is 33.9 Å². The second kappa shape index (κ2) is 4.38. The van der Waals surface area contributed by atoms with Gasteiger partial charge in [0, 0.05) is 12.1 Å². The maximum Gasteiger partial charge on any atom is 0.420 e. The van der Waals surface area contributed by atoms with Gasteiger partial charge in [-0.3, -0.25) is 10.1 Å². The summed E-state index contributed by atoms with van der Waals surface area (Å²) in [6.07, 6.45) is -4.67. The fraction of sp³-hybridized carbons (Fsp3) is 0.333. The number of nitro benzene ring substituents is 1. The van der Waals surface area contributed by atoms with Crippen molar-refractivity contribution in [1.82, 2.24) is 0 Å². The van der Waals surface area contributed by atoms with Gasteiger partial charge in [0.05, 0.1) is 11.5 Å². The van der Waals surface area contributed by atoms with Gasteiger partial charge < -0.3 is 4.74 Å². The third-order valence-corrected chi connectivity index (χ3v) is 1.78. The van der Waals surface area contributed by atoms with Crippen LogP contribution in [0.1, 0.15) is 12.5 Å². The van der Waals surface area contributed by atoms with Crippen molar-refractivity contribution in [3.63, 3.8) is 0 Å². The van der Waals surface area contributed by atoms with E-state index in [1.54, 1.807) is 0 Å². The molecule has 88 valence electrons. The van der Waals surface area contributed by atoms with E-state index in [1.165, 1.54) is 6.92 Å². The Hall–Kier alpha value is -1.79. The van der Waals surface area contributed by atoms with E-state index in [0.29, 0.717) is 6.07 Å². The van der Waals surface area contributed by atoms with Crippen LogP contribution in [0, 0.1) is 10.1 Å². The molecule has 0 spiro atoms. The number of benzene rings is 1. The first-order valence-electron chi connectivity index (χ1n) is 4.34. The summed E-state index contributed by atoms with van der Waals surface area (Å²) < 4.78 is 42.3. The van der Waals surface area contributed by atoms with E-state index < -0.39 is 28.1 Å². The summed E-state index contributed by atoms with van der Waals surface area (Å²) in [6.45, 7) is 1.59. The maximum atomic E-state index is 12.5. The van der Waals surface area contributed by atoms with Crippen LogP contribution < -0.4 is 4.74 Å². The van der Waals surface area contributed by atoms with E-state index in [-0.39, 0.29) is 6.61 Å². The molecule has 0 bridgehead atoms. The van der Waals surface area contributed by atoms with Gasteiger partial charge in [-0.2, -0.15) is 13.2 Å². The molecule has 0 atom stereocenters. The zero-order chi connectivity index (χ0) is 12.3. The van der Waals surface area contributed by atoms with Crippen molar-refractivity contribution in [1.29, 1.82) is 0 Å². The molecule has 7 heteroatoms. The number of rotatable bonds is 3. The number of nitro groups is 1. The predicted molar refractivity (Wildman–Crippen MR) is 49.3 cm³/mol. The number of hydrogen-bond acceptors (Lipinski definition) is 3. The molecule has 1 aromatic carbocycles. The molecule has 0 radical (unpaired) electrons. The van der Waals surface area contributed by atoms with Crippen LogP contribution in [0.3, 0.4) is 0 Å². The molecule has 0 aliphatic rings. The summed E-state index contributed by atoms with van der Waals surface area (Å²) in [6, 6.07) is 2.38. The summed E-state index contributed by atoms with van der Waals surface area (Å²) in [4.78, 5) is 9.46. The second-order valence-electron chi connectivity index (χ2n) is 2.87. The molecule has 1 rings (SSSR count). The number of non-ortho nitro benzene ring substituents is 1. The van der Waals surface area contributed by atoms with Gasteiger partial charge in [-0.05, 0) is 13.0 Å². The highest BCUT2D eigenvalue weighted by Gasteiger charge is 2.36. The predicted octanol–water partition coefficient (Wildman–Crippen LogP) is 3.01. The van der Waals surface area contributed by atoms with E-state index in [2.05, 4.69) is 0 Å². The highest BCUT2D eigenvalue weighted by atomic mass is 19.4. The molecule has 0 saturated heterocycles. The third kappa shape index (κ3) is 2.62. The lowest BCUT2D eigenvalue weighted by molar-refractivity contribution is -0.385. The van der Waals surface area contributed by atoms with Crippen LogP contribution in [0.5, 0.6) is 5.75 Å². The highest BCUT2D eigenvalue weighted by molar-refractivity contribution is 5.45. The number of halogens is 3. The minimum Gasteiger partial charge on any atom is -0.493 e. The quantitative estimate of drug-likeness (QED) is 0.597. The van der Waals surface area contributed by atoms with Crippen LogP contribution in [-0.4, -0.2) is 11.5 Å². The van der Waals surface area contributed by atoms with Gasteiger partial charge in [-0.25, -0.2) is 0 Å². The standard InChI is InChI=1S/C9H8F3NO3/c1-2-16-8-4-3-6(13(14)15)5-7(8)9(10,11)12/h3-5H,2H2,1H3. The minimum atomic E-state index is -4.67. The normalized spacial score (nSPS) is 11.2. The van der Waals surface area contributed by atoms with E-state index in [0.717, 1.165) is 12.1 Å². The summed E-state index contributed by atoms with van der Waals surface area (Å²) >= 11 is 0. The zero-order valence-electron chi connectivity index (χ0n) is 8.25. The smallest absolute Gasteiger partial charge is 0.420 e. The molecule has 1 aromatic rings. The number of alkyl halides is 3. The Labute approximate surface area is 88.8 Å². The van der Waals surface area contributed by atoms with Crippen molar-refractivity contribution in [2.45, 2.75) is 13.1 Å². The van der Waals surface area contributed by atoms with E-state index in [9.17, 15) is 23.3 Å². The van der Waals surface area contributed by atoms with E-state index in [4.69, 9.17) is 4.74 Å². The zero-order valence-corrected chi connectivity index (χ0v) is 8.25. The Balaban J connectivity index is 3.27. The molecular weight excluding hydrogens is 227 g/mol. The molecular formula is C9H8F3NO3. The molecule has 16 heavy (non-hydrogen) atoms. The van der Waals surface area contributed by atoms with Gasteiger partial charge in [0.2, 0.25) is 0 Å². The van der Waals surface area contributed by atoms with Gasteiger partial charge in [0.1, 0.15) is 11.3 Å². The first-order chi connectivity index (χ1) is 7.36. The molecule has 0 fully saturated rings. The fourth-order valence-corrected chi connectivity index (χ4v) is 1.13. The molecule has 0 unspecified atom stereocenters. The molecule has 4 nitrogen and oxygen atoms in total. The van der Waals surface area contributed by atoms with Crippen LogP contribution in [0.2, 0.25) is 0 Å². The van der Waals surface area contributed by atoms with Crippen LogP contribution in [0.4, 0.5) is 18.9 Å². The first kappa shape index (κ1) is 12.3. The second-order valence-corrected chi connectivity index (χ2v) is 2.87. The van der Waals surface area contributed by atoms with Crippen LogP contribution >= 0.6 is 0 Å². The lowest BCUT2D eigenvalue weighted by atomic mass is 10.1. The van der Waals surface area contributed by atoms with Gasteiger partial charge >= 0.3 is 6.18 Å². The highest BCUT2D eigenvalue weighted by Crippen LogP contribution is 2.38. The largest absolute Gasteiger partial charge is 0.493 e. The van der Waals surface area contributed by atoms with Gasteiger partial charge in [0.15, 0.2) is 0 Å². The summed E-state index contributed by atoms with van der Waals surface area (Å²) in [5.41, 5.74) is -1.75. The Bertz CT molecular complexity index is 403. The van der Waals surface area contributed by atoms with Crippen molar-refractivity contribution < 1.29 is 22.8 Å². The van der Waals surface area contributed by atoms with E-state index >= 15 is 0 Å². The summed E-state index contributed by atoms with van der Waals surface area (Å²) in [7, 11) is 0. The van der Waals surface area contributed by atoms with Crippen molar-refractivity contribution in [3.8, 4) is 5.75 Å². The van der Waals surface area contributed by atoms with Crippen LogP contribution in [-0.2, 0) is 6.18 Å². The van der Waals surface area contributed by atoms with Crippen LogP contribution in [0.15, 0.2) is 18.2 Å². The average molecular weight is 235 g/mol. The number of ether oxygens (including phenoxy) is 1. The average Bonchev–Trinajstić information content (AvgIpc) is 2.16. The lowest BCUT2D eigenvalue weighted by Crippen LogP contribution is -2.09. The molecule has 0 saturated carbocycles. The van der Waals surface area contributed by atoms with Gasteiger partial charge in [0.25, 0.3) is 5.69 Å².